The summed E-state index contributed by atoms with van der Waals surface area (Å²) in [5.74, 6) is 0.326. The highest BCUT2D eigenvalue weighted by Crippen LogP contribution is 1.88. The first-order valence-corrected chi connectivity index (χ1v) is 2.21. The molecule has 0 saturated heterocycles. The van der Waals surface area contributed by atoms with E-state index in [0.717, 1.165) is 0 Å². The van der Waals surface area contributed by atoms with Crippen LogP contribution in [0.3, 0.4) is 0 Å². The second-order valence-corrected chi connectivity index (χ2v) is 1.25. The molecule has 0 aromatic heterocycles. The molecule has 48 valence electrons. The van der Waals surface area contributed by atoms with Crippen molar-refractivity contribution >= 4 is 0 Å². The largest absolute Gasteiger partial charge is 0.470 e. The summed E-state index contributed by atoms with van der Waals surface area (Å²) in [7, 11) is 1.50. The molecule has 0 rings (SSSR count). The number of hydrogen-bond acceptors (Lipinski definition) is 3. The molecule has 0 aliphatic heterocycles. The van der Waals surface area contributed by atoms with Crippen molar-refractivity contribution in [2.75, 3.05) is 20.5 Å². The van der Waals surface area contributed by atoms with E-state index in [4.69, 9.17) is 5.11 Å². The van der Waals surface area contributed by atoms with Crippen LogP contribution in [0.2, 0.25) is 0 Å². The summed E-state index contributed by atoms with van der Waals surface area (Å²) >= 11 is 0. The number of ether oxygens (including phenoxy) is 2. The maximum absolute atomic E-state index is 8.28. The first kappa shape index (κ1) is 7.46. The Morgan fingerprint density at radius 2 is 2.38 bits per heavy atom. The topological polar surface area (TPSA) is 38.7 Å². The van der Waals surface area contributed by atoms with E-state index < -0.39 is 0 Å². The smallest absolute Gasteiger partial charge is 0.188 e. The number of aliphatic hydroxyl groups excluding tert-OH is 1. The number of methoxy groups -OCH3 is 1. The second-order valence-electron chi connectivity index (χ2n) is 1.25. The average molecular weight is 118 g/mol. The van der Waals surface area contributed by atoms with Crippen LogP contribution in [0.4, 0.5) is 0 Å². The third-order valence-corrected chi connectivity index (χ3v) is 0.557. The number of rotatable bonds is 4. The summed E-state index contributed by atoms with van der Waals surface area (Å²) in [5, 5.41) is 8.28. The minimum absolute atomic E-state index is 0.149. The molecule has 0 aromatic carbocycles. The Morgan fingerprint density at radius 1 is 1.75 bits per heavy atom. The molecule has 0 saturated carbocycles. The molecule has 3 heteroatoms. The van der Waals surface area contributed by atoms with E-state index in [1.165, 1.54) is 7.11 Å². The summed E-state index contributed by atoms with van der Waals surface area (Å²) in [4.78, 5) is 0. The van der Waals surface area contributed by atoms with Crippen molar-refractivity contribution in [1.82, 2.24) is 0 Å². The van der Waals surface area contributed by atoms with Crippen LogP contribution in [0.1, 0.15) is 0 Å². The SMILES string of the molecule is C=C(CO)OCOC. The Hall–Kier alpha value is -0.540. The van der Waals surface area contributed by atoms with E-state index in [1.807, 2.05) is 0 Å². The zero-order valence-corrected chi connectivity index (χ0v) is 4.89. The van der Waals surface area contributed by atoms with Gasteiger partial charge in [-0.1, -0.05) is 6.58 Å². The third kappa shape index (κ3) is 3.64. The number of aliphatic hydroxyl groups is 1. The molecule has 0 bridgehead atoms. The van der Waals surface area contributed by atoms with Crippen molar-refractivity contribution in [2.45, 2.75) is 0 Å². The molecule has 1 N–H and O–H groups in total. The van der Waals surface area contributed by atoms with E-state index in [9.17, 15) is 0 Å². The fourth-order valence-corrected chi connectivity index (χ4v) is 0.188. The van der Waals surface area contributed by atoms with Gasteiger partial charge >= 0.3 is 0 Å². The first-order chi connectivity index (χ1) is 3.81. The fraction of sp³-hybridized carbons (Fsp3) is 0.600. The second kappa shape index (κ2) is 4.61. The molecule has 0 unspecified atom stereocenters. The van der Waals surface area contributed by atoms with Gasteiger partial charge in [0.25, 0.3) is 0 Å². The molecule has 0 aromatic rings. The van der Waals surface area contributed by atoms with Crippen molar-refractivity contribution in [3.8, 4) is 0 Å². The van der Waals surface area contributed by atoms with Gasteiger partial charge in [0.15, 0.2) is 6.79 Å². The van der Waals surface area contributed by atoms with Crippen molar-refractivity contribution in [2.24, 2.45) is 0 Å². The average Bonchev–Trinajstić information content (AvgIpc) is 1.83. The summed E-state index contributed by atoms with van der Waals surface area (Å²) in [6.07, 6.45) is 0. The lowest BCUT2D eigenvalue weighted by atomic mass is 10.6. The molecule has 0 aliphatic carbocycles. The highest BCUT2D eigenvalue weighted by molar-refractivity contribution is 4.79. The van der Waals surface area contributed by atoms with Gasteiger partial charge in [0.1, 0.15) is 5.76 Å². The van der Waals surface area contributed by atoms with Crippen LogP contribution in [0.25, 0.3) is 0 Å². The van der Waals surface area contributed by atoms with Gasteiger partial charge < -0.3 is 14.6 Å². The third-order valence-electron chi connectivity index (χ3n) is 0.557. The molecular formula is C5H10O3. The zero-order valence-electron chi connectivity index (χ0n) is 4.89. The van der Waals surface area contributed by atoms with Gasteiger partial charge in [0.2, 0.25) is 0 Å². The van der Waals surface area contributed by atoms with Gasteiger partial charge in [-0.3, -0.25) is 0 Å². The van der Waals surface area contributed by atoms with Gasteiger partial charge in [-0.25, -0.2) is 0 Å². The van der Waals surface area contributed by atoms with E-state index in [-0.39, 0.29) is 13.4 Å². The maximum atomic E-state index is 8.28. The minimum Gasteiger partial charge on any atom is -0.470 e. The summed E-state index contributed by atoms with van der Waals surface area (Å²) in [6.45, 7) is 3.36. The van der Waals surface area contributed by atoms with Crippen LogP contribution in [-0.4, -0.2) is 25.6 Å². The molecule has 0 amide bonds. The lowest BCUT2D eigenvalue weighted by molar-refractivity contribution is -0.00395. The molecule has 8 heavy (non-hydrogen) atoms. The zero-order chi connectivity index (χ0) is 6.41. The van der Waals surface area contributed by atoms with Crippen molar-refractivity contribution in [3.63, 3.8) is 0 Å². The number of hydrogen-bond donors (Lipinski definition) is 1. The Morgan fingerprint density at radius 3 is 2.75 bits per heavy atom. The van der Waals surface area contributed by atoms with Crippen molar-refractivity contribution in [1.29, 1.82) is 0 Å². The van der Waals surface area contributed by atoms with Crippen LogP contribution in [0, 0.1) is 0 Å². The van der Waals surface area contributed by atoms with Gasteiger partial charge in [-0.05, 0) is 0 Å². The Bertz CT molecular complexity index is 70.1. The van der Waals surface area contributed by atoms with Crippen LogP contribution < -0.4 is 0 Å². The minimum atomic E-state index is -0.149. The Labute approximate surface area is 48.5 Å². The van der Waals surface area contributed by atoms with Gasteiger partial charge in [-0.2, -0.15) is 0 Å². The van der Waals surface area contributed by atoms with Crippen LogP contribution in [-0.2, 0) is 9.47 Å². The van der Waals surface area contributed by atoms with E-state index in [1.54, 1.807) is 0 Å². The molecule has 3 nitrogen and oxygen atoms in total. The highest BCUT2D eigenvalue weighted by atomic mass is 16.7. The van der Waals surface area contributed by atoms with Crippen molar-refractivity contribution < 1.29 is 14.6 Å². The normalized spacial score (nSPS) is 8.75. The van der Waals surface area contributed by atoms with Gasteiger partial charge in [-0.15, -0.1) is 0 Å². The van der Waals surface area contributed by atoms with E-state index in [2.05, 4.69) is 16.1 Å². The lowest BCUT2D eigenvalue weighted by Gasteiger charge is -2.02. The first-order valence-electron chi connectivity index (χ1n) is 2.21. The molecule has 0 spiro atoms. The molecule has 0 fully saturated rings. The fourth-order valence-electron chi connectivity index (χ4n) is 0.188. The van der Waals surface area contributed by atoms with E-state index in [0.29, 0.717) is 5.76 Å². The quantitative estimate of drug-likeness (QED) is 0.420. The molecular weight excluding hydrogens is 108 g/mol. The predicted molar refractivity (Wildman–Crippen MR) is 29.2 cm³/mol. The summed E-state index contributed by atoms with van der Waals surface area (Å²) in [6, 6.07) is 0. The molecule has 0 heterocycles. The Balaban J connectivity index is 2.99. The van der Waals surface area contributed by atoms with Crippen LogP contribution >= 0.6 is 0 Å². The highest BCUT2D eigenvalue weighted by Gasteiger charge is 1.86. The van der Waals surface area contributed by atoms with E-state index >= 15 is 0 Å². The summed E-state index contributed by atoms with van der Waals surface area (Å²) in [5.41, 5.74) is 0. The summed E-state index contributed by atoms with van der Waals surface area (Å²) < 4.78 is 9.19. The van der Waals surface area contributed by atoms with Crippen molar-refractivity contribution in [3.05, 3.63) is 12.3 Å². The van der Waals surface area contributed by atoms with Crippen LogP contribution in [0.15, 0.2) is 12.3 Å². The molecule has 0 atom stereocenters. The molecule has 0 radical (unpaired) electrons. The molecule has 0 aliphatic rings. The van der Waals surface area contributed by atoms with Crippen LogP contribution in [0.5, 0.6) is 0 Å². The monoisotopic (exact) mass is 118 g/mol. The maximum Gasteiger partial charge on any atom is 0.188 e. The van der Waals surface area contributed by atoms with Gasteiger partial charge in [0, 0.05) is 7.11 Å². The Kier molecular flexibility index (Phi) is 4.30. The lowest BCUT2D eigenvalue weighted by Crippen LogP contribution is -1.98. The standard InChI is InChI=1S/C5H10O3/c1-5(3-6)8-4-7-2/h6H,1,3-4H2,2H3. The van der Waals surface area contributed by atoms with Gasteiger partial charge in [0.05, 0.1) is 6.61 Å². The predicted octanol–water partition coefficient (Wildman–Crippen LogP) is 0.113.